The highest BCUT2D eigenvalue weighted by molar-refractivity contribution is 6.47. The van der Waals surface area contributed by atoms with Crippen LogP contribution in [-0.4, -0.2) is 42.7 Å². The quantitative estimate of drug-likeness (QED) is 0.373. The lowest BCUT2D eigenvalue weighted by molar-refractivity contribution is -0.199. The van der Waals surface area contributed by atoms with Gasteiger partial charge in [-0.3, -0.25) is 9.59 Å². The topological polar surface area (TPSA) is 103 Å². The van der Waals surface area contributed by atoms with Gasteiger partial charge in [0.1, 0.15) is 11.9 Å². The molecule has 0 aromatic heterocycles. The first-order valence-electron chi connectivity index (χ1n) is 14.9. The van der Waals surface area contributed by atoms with Crippen molar-refractivity contribution >= 4 is 18.9 Å². The Kier molecular flexibility index (Phi) is 8.34. The molecule has 6 rings (SSSR count). The van der Waals surface area contributed by atoms with Crippen LogP contribution in [0.4, 0.5) is 4.39 Å². The fourth-order valence-electron chi connectivity index (χ4n) is 7.23. The molecule has 1 aliphatic heterocycles. The summed E-state index contributed by atoms with van der Waals surface area (Å²) < 4.78 is 27.0. The first-order valence-corrected chi connectivity index (χ1v) is 14.9. The van der Waals surface area contributed by atoms with E-state index in [9.17, 15) is 14.0 Å². The third-order valence-corrected chi connectivity index (χ3v) is 10.2. The molecule has 4 aliphatic rings. The van der Waals surface area contributed by atoms with Crippen LogP contribution in [0.5, 0.6) is 0 Å². The Bertz CT molecular complexity index is 1260. The normalized spacial score (nSPS) is 29.0. The Labute approximate surface area is 243 Å². The zero-order valence-corrected chi connectivity index (χ0v) is 24.7. The van der Waals surface area contributed by atoms with Crippen LogP contribution in [0.25, 0.3) is 0 Å². The van der Waals surface area contributed by atoms with E-state index < -0.39 is 36.7 Å². The molecule has 3 aliphatic carbocycles. The summed E-state index contributed by atoms with van der Waals surface area (Å²) in [6.07, 6.45) is 2.88. The molecule has 2 aromatic rings. The van der Waals surface area contributed by atoms with Gasteiger partial charge in [-0.1, -0.05) is 76.6 Å². The molecular formula is C32H43BFN3O4. The van der Waals surface area contributed by atoms with E-state index in [0.29, 0.717) is 23.8 Å². The van der Waals surface area contributed by atoms with Crippen molar-refractivity contribution in [3.63, 3.8) is 0 Å². The third-order valence-electron chi connectivity index (χ3n) is 10.2. The Balaban J connectivity index is 1.33. The van der Waals surface area contributed by atoms with Crippen molar-refractivity contribution in [2.75, 3.05) is 0 Å². The standard InChI is InChI=1S/C32H43BFN3O4/c1-6-19(2)27(36-29(38)24(35)16-20-11-10-14-23(34)15-20)30(39)37-28(21-12-8-7-9-13-21)33-40-26-18-22-17-25(31(22,3)4)32(26,5)41-33/h7-15,19,22,24-28H,6,16-18,35H2,1-5H3,(H,36,38)(H,37,39)/t19?,22-,24-,25-,26+,27+,28+,32-/m1/s1. The molecule has 4 fully saturated rings. The highest BCUT2D eigenvalue weighted by Crippen LogP contribution is 2.66. The lowest BCUT2D eigenvalue weighted by Gasteiger charge is -2.64. The van der Waals surface area contributed by atoms with E-state index in [1.54, 1.807) is 12.1 Å². The van der Waals surface area contributed by atoms with Crippen molar-refractivity contribution in [1.29, 1.82) is 0 Å². The summed E-state index contributed by atoms with van der Waals surface area (Å²) in [5.74, 6) is -0.881. The van der Waals surface area contributed by atoms with Crippen molar-refractivity contribution in [1.82, 2.24) is 10.6 Å². The second kappa shape index (κ2) is 11.5. The van der Waals surface area contributed by atoms with E-state index in [0.717, 1.165) is 18.4 Å². The molecule has 41 heavy (non-hydrogen) atoms. The number of carbonyl (C=O) groups excluding carboxylic acids is 2. The largest absolute Gasteiger partial charge is 0.486 e. The molecule has 4 N–H and O–H groups in total. The summed E-state index contributed by atoms with van der Waals surface area (Å²) in [7, 11) is -0.657. The maximum Gasteiger partial charge on any atom is 0.486 e. The van der Waals surface area contributed by atoms with Gasteiger partial charge in [0.25, 0.3) is 0 Å². The van der Waals surface area contributed by atoms with Crippen LogP contribution >= 0.6 is 0 Å². The monoisotopic (exact) mass is 563 g/mol. The Morgan fingerprint density at radius 1 is 1.07 bits per heavy atom. The number of nitrogens with one attached hydrogen (secondary N) is 2. The molecule has 0 spiro atoms. The van der Waals surface area contributed by atoms with Crippen molar-refractivity contribution in [3.05, 3.63) is 71.5 Å². The molecule has 1 heterocycles. The first kappa shape index (κ1) is 29.7. The van der Waals surface area contributed by atoms with E-state index in [1.165, 1.54) is 12.1 Å². The van der Waals surface area contributed by atoms with Gasteiger partial charge in [0.05, 0.1) is 23.7 Å². The highest BCUT2D eigenvalue weighted by atomic mass is 19.1. The van der Waals surface area contributed by atoms with Crippen molar-refractivity contribution in [2.45, 2.75) is 90.0 Å². The van der Waals surface area contributed by atoms with Crippen LogP contribution in [0.3, 0.4) is 0 Å². The number of hydrogen-bond acceptors (Lipinski definition) is 5. The van der Waals surface area contributed by atoms with Gasteiger partial charge in [0.15, 0.2) is 0 Å². The van der Waals surface area contributed by atoms with E-state index in [4.69, 9.17) is 15.0 Å². The Morgan fingerprint density at radius 3 is 2.46 bits per heavy atom. The number of amides is 2. The number of halogens is 1. The van der Waals surface area contributed by atoms with Gasteiger partial charge in [-0.2, -0.15) is 0 Å². The van der Waals surface area contributed by atoms with Crippen LogP contribution < -0.4 is 16.4 Å². The molecule has 9 heteroatoms. The molecule has 2 amide bonds. The molecule has 1 unspecified atom stereocenters. The second-order valence-electron chi connectivity index (χ2n) is 13.0. The number of hydrogen-bond donors (Lipinski definition) is 3. The fourth-order valence-corrected chi connectivity index (χ4v) is 7.23. The van der Waals surface area contributed by atoms with E-state index >= 15 is 0 Å². The molecule has 2 aromatic carbocycles. The van der Waals surface area contributed by atoms with Crippen LogP contribution in [0, 0.1) is 29.0 Å². The van der Waals surface area contributed by atoms with E-state index in [-0.39, 0.29) is 35.6 Å². The third kappa shape index (κ3) is 5.68. The smallest absolute Gasteiger partial charge is 0.404 e. The molecule has 1 saturated heterocycles. The minimum atomic E-state index is -0.930. The fraction of sp³-hybridized carbons (Fsp3) is 0.562. The molecule has 2 bridgehead atoms. The molecule has 3 saturated carbocycles. The predicted octanol–water partition coefficient (Wildman–Crippen LogP) is 4.35. The zero-order valence-electron chi connectivity index (χ0n) is 24.7. The van der Waals surface area contributed by atoms with Gasteiger partial charge in [-0.15, -0.1) is 0 Å². The summed E-state index contributed by atoms with van der Waals surface area (Å²) in [4.78, 5) is 27.0. The number of nitrogens with two attached hydrogens (primary N) is 1. The zero-order chi connectivity index (χ0) is 29.5. The predicted molar refractivity (Wildman–Crippen MR) is 157 cm³/mol. The maximum absolute atomic E-state index is 13.9. The number of rotatable bonds is 10. The lowest BCUT2D eigenvalue weighted by atomic mass is 9.43. The van der Waals surface area contributed by atoms with Gasteiger partial charge in [0.2, 0.25) is 11.8 Å². The second-order valence-corrected chi connectivity index (χ2v) is 13.0. The average molecular weight is 564 g/mol. The first-order chi connectivity index (χ1) is 19.4. The average Bonchev–Trinajstić information content (AvgIpc) is 3.31. The Hall–Kier alpha value is -2.75. The molecule has 8 atom stereocenters. The van der Waals surface area contributed by atoms with Crippen LogP contribution in [-0.2, 0) is 25.3 Å². The van der Waals surface area contributed by atoms with E-state index in [2.05, 4.69) is 31.4 Å². The summed E-state index contributed by atoms with van der Waals surface area (Å²) in [6.45, 7) is 10.7. The number of carbonyl (C=O) groups is 2. The van der Waals surface area contributed by atoms with Gasteiger partial charge >= 0.3 is 7.12 Å². The summed E-state index contributed by atoms with van der Waals surface area (Å²) in [6, 6.07) is 14.0. The number of benzene rings is 2. The Morgan fingerprint density at radius 2 is 1.80 bits per heavy atom. The summed E-state index contributed by atoms with van der Waals surface area (Å²) in [5, 5.41) is 6.05. The molecule has 7 nitrogen and oxygen atoms in total. The van der Waals surface area contributed by atoms with Gasteiger partial charge in [-0.25, -0.2) is 4.39 Å². The summed E-state index contributed by atoms with van der Waals surface area (Å²) in [5.41, 5.74) is 7.46. The van der Waals surface area contributed by atoms with Crippen LogP contribution in [0.1, 0.15) is 70.9 Å². The van der Waals surface area contributed by atoms with Gasteiger partial charge in [0, 0.05) is 0 Å². The van der Waals surface area contributed by atoms with Gasteiger partial charge in [-0.05, 0) is 72.6 Å². The molecule has 0 radical (unpaired) electrons. The van der Waals surface area contributed by atoms with Crippen molar-refractivity contribution < 1.29 is 23.3 Å². The van der Waals surface area contributed by atoms with Crippen LogP contribution in [0.2, 0.25) is 0 Å². The van der Waals surface area contributed by atoms with Gasteiger partial charge < -0.3 is 25.7 Å². The summed E-state index contributed by atoms with van der Waals surface area (Å²) >= 11 is 0. The lowest BCUT2D eigenvalue weighted by Crippen LogP contribution is -2.65. The molecular weight excluding hydrogens is 520 g/mol. The van der Waals surface area contributed by atoms with Crippen molar-refractivity contribution in [2.24, 2.45) is 28.9 Å². The minimum Gasteiger partial charge on any atom is -0.404 e. The van der Waals surface area contributed by atoms with E-state index in [1.807, 2.05) is 44.2 Å². The highest BCUT2D eigenvalue weighted by Gasteiger charge is 2.68. The minimum absolute atomic E-state index is 0.0294. The van der Waals surface area contributed by atoms with Crippen LogP contribution in [0.15, 0.2) is 54.6 Å². The maximum atomic E-state index is 13.9. The van der Waals surface area contributed by atoms with Crippen molar-refractivity contribution in [3.8, 4) is 0 Å². The molecule has 220 valence electrons. The SMILES string of the molecule is CCC(C)[C@H](NC(=O)[C@H](N)Cc1cccc(F)c1)C(=O)N[C@H](B1O[C@H]2C[C@H]3C[C@H](C3(C)C)[C@@]2(C)O1)c1ccccc1.